The molecule has 2 rings (SSSR count). The fourth-order valence-electron chi connectivity index (χ4n) is 2.04. The molecule has 1 unspecified atom stereocenters. The lowest BCUT2D eigenvalue weighted by Gasteiger charge is -2.31. The molecular formula is C14H18ClF3N2O. The van der Waals surface area contributed by atoms with Crippen LogP contribution >= 0.6 is 12.4 Å². The van der Waals surface area contributed by atoms with Crippen molar-refractivity contribution >= 4 is 18.3 Å². The summed E-state index contributed by atoms with van der Waals surface area (Å²) in [6, 6.07) is 4.83. The van der Waals surface area contributed by atoms with Crippen LogP contribution in [0.3, 0.4) is 0 Å². The summed E-state index contributed by atoms with van der Waals surface area (Å²) in [6.07, 6.45) is -4.33. The third-order valence-electron chi connectivity index (χ3n) is 3.68. The number of alkyl halides is 3. The van der Waals surface area contributed by atoms with Crippen molar-refractivity contribution in [2.45, 2.75) is 19.6 Å². The number of nitrogens with one attached hydrogen (secondary N) is 2. The molecule has 1 heterocycles. The van der Waals surface area contributed by atoms with Gasteiger partial charge in [0.25, 0.3) is 0 Å². The summed E-state index contributed by atoms with van der Waals surface area (Å²) in [5, 5.41) is 5.86. The maximum absolute atomic E-state index is 12.4. The molecule has 1 saturated heterocycles. The van der Waals surface area contributed by atoms with Crippen LogP contribution in [-0.2, 0) is 17.5 Å². The number of benzene rings is 1. The van der Waals surface area contributed by atoms with Crippen LogP contribution in [0.5, 0.6) is 0 Å². The first-order valence-corrected chi connectivity index (χ1v) is 6.52. The van der Waals surface area contributed by atoms with Crippen molar-refractivity contribution in [2.24, 2.45) is 11.8 Å². The lowest BCUT2D eigenvalue weighted by Crippen LogP contribution is -2.49. The molecule has 0 spiro atoms. The molecule has 1 fully saturated rings. The molecule has 0 saturated carbocycles. The van der Waals surface area contributed by atoms with Crippen LogP contribution < -0.4 is 10.6 Å². The quantitative estimate of drug-likeness (QED) is 0.894. The molecule has 1 aromatic carbocycles. The van der Waals surface area contributed by atoms with Gasteiger partial charge in [-0.15, -0.1) is 12.4 Å². The molecule has 1 aromatic rings. The maximum Gasteiger partial charge on any atom is 0.416 e. The smallest absolute Gasteiger partial charge is 0.352 e. The van der Waals surface area contributed by atoms with Crippen molar-refractivity contribution in [2.75, 3.05) is 13.1 Å². The highest BCUT2D eigenvalue weighted by molar-refractivity contribution is 5.85. The first kappa shape index (κ1) is 17.8. The van der Waals surface area contributed by atoms with Gasteiger partial charge in [-0.2, -0.15) is 13.2 Å². The van der Waals surface area contributed by atoms with Crippen molar-refractivity contribution in [3.8, 4) is 0 Å². The zero-order valence-corrected chi connectivity index (χ0v) is 12.4. The minimum Gasteiger partial charge on any atom is -0.352 e. The zero-order valence-electron chi connectivity index (χ0n) is 11.5. The normalized spacial score (nSPS) is 16.6. The minimum atomic E-state index is -4.33. The molecular weight excluding hydrogens is 305 g/mol. The van der Waals surface area contributed by atoms with Crippen LogP contribution in [0.4, 0.5) is 13.2 Å². The fourth-order valence-corrected chi connectivity index (χ4v) is 2.04. The lowest BCUT2D eigenvalue weighted by molar-refractivity contribution is -0.137. The number of amides is 1. The van der Waals surface area contributed by atoms with E-state index in [1.807, 2.05) is 6.92 Å². The monoisotopic (exact) mass is 322 g/mol. The Morgan fingerprint density at radius 1 is 1.33 bits per heavy atom. The van der Waals surface area contributed by atoms with Gasteiger partial charge in [0, 0.05) is 12.5 Å². The Bertz CT molecular complexity index is 472. The average molecular weight is 323 g/mol. The van der Waals surface area contributed by atoms with Gasteiger partial charge >= 0.3 is 6.18 Å². The molecule has 1 aliphatic rings. The molecule has 1 atom stereocenters. The predicted octanol–water partition coefficient (Wildman–Crippen LogP) is 2.60. The molecule has 2 N–H and O–H groups in total. The van der Waals surface area contributed by atoms with E-state index in [-0.39, 0.29) is 30.8 Å². The standard InChI is InChI=1S/C14H17F3N2O.ClH/c1-9(11-7-18-8-11)13(20)19-6-10-2-4-12(5-3-10)14(15,16)17;/h2-5,9,11,18H,6-8H2,1H3,(H,19,20);1H. The Morgan fingerprint density at radius 2 is 1.90 bits per heavy atom. The van der Waals surface area contributed by atoms with Gasteiger partial charge in [-0.3, -0.25) is 4.79 Å². The summed E-state index contributed by atoms with van der Waals surface area (Å²) < 4.78 is 37.2. The van der Waals surface area contributed by atoms with Crippen LogP contribution in [0.15, 0.2) is 24.3 Å². The second kappa shape index (κ2) is 7.13. The van der Waals surface area contributed by atoms with E-state index in [2.05, 4.69) is 10.6 Å². The highest BCUT2D eigenvalue weighted by atomic mass is 35.5. The summed E-state index contributed by atoms with van der Waals surface area (Å²) in [5.74, 6) is 0.213. The molecule has 1 aliphatic heterocycles. The van der Waals surface area contributed by atoms with Crippen molar-refractivity contribution in [1.29, 1.82) is 0 Å². The molecule has 0 aromatic heterocycles. The SMILES string of the molecule is CC(C(=O)NCc1ccc(C(F)(F)F)cc1)C1CNC1.Cl. The Hall–Kier alpha value is -1.27. The molecule has 7 heteroatoms. The number of carbonyl (C=O) groups excluding carboxylic acids is 1. The number of hydrogen-bond acceptors (Lipinski definition) is 2. The summed E-state index contributed by atoms with van der Waals surface area (Å²) in [5.41, 5.74) is -0.0215. The second-order valence-electron chi connectivity index (χ2n) is 5.12. The minimum absolute atomic E-state index is 0. The zero-order chi connectivity index (χ0) is 14.8. The van der Waals surface area contributed by atoms with Crippen LogP contribution in [0.1, 0.15) is 18.1 Å². The van der Waals surface area contributed by atoms with E-state index in [1.54, 1.807) is 0 Å². The Balaban J connectivity index is 0.00000220. The Kier molecular flexibility index (Phi) is 6.04. The summed E-state index contributed by atoms with van der Waals surface area (Å²) in [6.45, 7) is 3.80. The van der Waals surface area contributed by atoms with Gasteiger partial charge in [-0.05, 0) is 36.7 Å². The highest BCUT2D eigenvalue weighted by Crippen LogP contribution is 2.29. The van der Waals surface area contributed by atoms with Crippen molar-refractivity contribution in [1.82, 2.24) is 10.6 Å². The fraction of sp³-hybridized carbons (Fsp3) is 0.500. The number of halogens is 4. The van der Waals surface area contributed by atoms with E-state index in [1.165, 1.54) is 12.1 Å². The van der Waals surface area contributed by atoms with E-state index in [0.717, 1.165) is 25.2 Å². The predicted molar refractivity (Wildman–Crippen MR) is 76.1 cm³/mol. The third kappa shape index (κ3) is 4.61. The van der Waals surface area contributed by atoms with E-state index in [9.17, 15) is 18.0 Å². The molecule has 0 radical (unpaired) electrons. The lowest BCUT2D eigenvalue weighted by atomic mass is 9.88. The molecule has 118 valence electrons. The van der Waals surface area contributed by atoms with E-state index < -0.39 is 11.7 Å². The van der Waals surface area contributed by atoms with Gasteiger partial charge in [-0.25, -0.2) is 0 Å². The third-order valence-corrected chi connectivity index (χ3v) is 3.68. The maximum atomic E-state index is 12.4. The summed E-state index contributed by atoms with van der Waals surface area (Å²) in [7, 11) is 0. The van der Waals surface area contributed by atoms with E-state index in [4.69, 9.17) is 0 Å². The first-order valence-electron chi connectivity index (χ1n) is 6.52. The Labute approximate surface area is 127 Å². The highest BCUT2D eigenvalue weighted by Gasteiger charge is 2.30. The first-order chi connectivity index (χ1) is 9.38. The largest absolute Gasteiger partial charge is 0.416 e. The van der Waals surface area contributed by atoms with Crippen molar-refractivity contribution in [3.63, 3.8) is 0 Å². The van der Waals surface area contributed by atoms with E-state index in [0.29, 0.717) is 11.5 Å². The summed E-state index contributed by atoms with van der Waals surface area (Å²) >= 11 is 0. The molecule has 0 aliphatic carbocycles. The number of hydrogen-bond donors (Lipinski definition) is 2. The molecule has 21 heavy (non-hydrogen) atoms. The van der Waals surface area contributed by atoms with Crippen LogP contribution in [0.25, 0.3) is 0 Å². The van der Waals surface area contributed by atoms with E-state index >= 15 is 0 Å². The number of rotatable bonds is 4. The van der Waals surface area contributed by atoms with Crippen LogP contribution in [-0.4, -0.2) is 19.0 Å². The van der Waals surface area contributed by atoms with Crippen molar-refractivity contribution < 1.29 is 18.0 Å². The van der Waals surface area contributed by atoms with Gasteiger partial charge in [-0.1, -0.05) is 19.1 Å². The van der Waals surface area contributed by atoms with Gasteiger partial charge in [0.2, 0.25) is 5.91 Å². The van der Waals surface area contributed by atoms with Crippen molar-refractivity contribution in [3.05, 3.63) is 35.4 Å². The van der Waals surface area contributed by atoms with Gasteiger partial charge in [0.05, 0.1) is 5.56 Å². The van der Waals surface area contributed by atoms with Gasteiger partial charge < -0.3 is 10.6 Å². The Morgan fingerprint density at radius 3 is 2.33 bits per heavy atom. The average Bonchev–Trinajstić information content (AvgIpc) is 2.33. The topological polar surface area (TPSA) is 41.1 Å². The molecule has 1 amide bonds. The molecule has 3 nitrogen and oxygen atoms in total. The van der Waals surface area contributed by atoms with Crippen LogP contribution in [0.2, 0.25) is 0 Å². The van der Waals surface area contributed by atoms with Crippen LogP contribution in [0, 0.1) is 11.8 Å². The van der Waals surface area contributed by atoms with Gasteiger partial charge in [0.15, 0.2) is 0 Å². The second-order valence-corrected chi connectivity index (χ2v) is 5.12. The summed E-state index contributed by atoms with van der Waals surface area (Å²) in [4.78, 5) is 11.9. The number of carbonyl (C=O) groups is 1. The molecule has 0 bridgehead atoms. The van der Waals surface area contributed by atoms with Gasteiger partial charge in [0.1, 0.15) is 0 Å².